The number of ether oxygens (including phenoxy) is 7. The minimum atomic E-state index is -0.565. The molecular formula is C137H174O9. The minimum absolute atomic E-state index is 0.000622. The lowest BCUT2D eigenvalue weighted by Gasteiger charge is -2.34. The summed E-state index contributed by atoms with van der Waals surface area (Å²) in [6.07, 6.45) is 54.5. The first-order valence-corrected chi connectivity index (χ1v) is 58.2. The van der Waals surface area contributed by atoms with E-state index in [0.29, 0.717) is 95.6 Å². The van der Waals surface area contributed by atoms with Crippen molar-refractivity contribution < 1.29 is 42.7 Å². The third-order valence-electron chi connectivity index (χ3n) is 34.4. The van der Waals surface area contributed by atoms with Crippen LogP contribution in [-0.4, -0.2) is 99.2 Å². The fraction of sp³-hybridized carbons (Fsp3) is 0.504. The first-order valence-electron chi connectivity index (χ1n) is 58.2. The van der Waals surface area contributed by atoms with E-state index >= 15 is 4.79 Å². The molecule has 9 heteroatoms. The van der Waals surface area contributed by atoms with Gasteiger partial charge in [0.1, 0.15) is 0 Å². The maximum atomic E-state index is 15.0. The van der Waals surface area contributed by atoms with Crippen LogP contribution in [0.15, 0.2) is 200 Å². The number of carbonyl (C=O) groups excluding carboxylic acids is 2. The van der Waals surface area contributed by atoms with E-state index in [0.717, 1.165) is 51.8 Å². The maximum Gasteiger partial charge on any atom is 0.338 e. The van der Waals surface area contributed by atoms with Crippen molar-refractivity contribution in [3.05, 3.63) is 273 Å². The van der Waals surface area contributed by atoms with Crippen molar-refractivity contribution in [1.82, 2.24) is 0 Å². The van der Waals surface area contributed by atoms with E-state index in [4.69, 9.17) is 33.2 Å². The molecular weight excluding hydrogens is 1790 g/mol. The van der Waals surface area contributed by atoms with E-state index in [1.165, 1.54) is 370 Å². The van der Waals surface area contributed by atoms with Gasteiger partial charge in [-0.3, -0.25) is 4.79 Å². The standard InChI is InChI=1S/C137H174O9/c1-12-18-24-30-36-42-70-134(71-43-37-31-25-19-13-2)124-88-99(7)48-60-113(124)114-64-54-105(93-125(114)134)106-55-65-115-116-66-56-107(95-127(116)135(126(115)94-106,72-44-38-32-26-20-14-3)73-45-39-33-27-21-15-4)108-57-67-117-118-68-58-109(97-129(118)136(128(117)96-108,74-46-40-34-28-22-16-5)75-47-41-35-29-23-17-6)110-59-69-120-119-63-53-104(92-130(119)137(131(120)98-110,76-78-143-84-86-145-82-80-140-9)77-79-144-85-87-146-83-81-141-10)103-52-62-112-111-61-51-102(90-122(111)132(138)123(112)91-103)101-50-49-100(8)121(89-101)133(139)142-11/h48-69,88-98H,12-47,70-87H2,1-11H3. The summed E-state index contributed by atoms with van der Waals surface area (Å²) in [5, 5.41) is 0. The Hall–Kier alpha value is -9.68. The van der Waals surface area contributed by atoms with E-state index in [2.05, 4.69) is 224 Å². The van der Waals surface area contributed by atoms with E-state index in [9.17, 15) is 4.79 Å². The second kappa shape index (κ2) is 53.7. The fourth-order valence-electron chi connectivity index (χ4n) is 26.2. The average Bonchev–Trinajstić information content (AvgIpc) is 1.55. The zero-order valence-electron chi connectivity index (χ0n) is 91.4. The van der Waals surface area contributed by atoms with Crippen molar-refractivity contribution in [2.24, 2.45) is 0 Å². The Morgan fingerprint density at radius 3 is 0.692 bits per heavy atom. The smallest absolute Gasteiger partial charge is 0.338 e. The van der Waals surface area contributed by atoms with E-state index in [1.807, 2.05) is 31.2 Å². The summed E-state index contributed by atoms with van der Waals surface area (Å²) in [6.45, 7) is 23.3. The number of hydrogen-bond acceptors (Lipinski definition) is 9. The Kier molecular flexibility index (Phi) is 40.1. The first-order chi connectivity index (χ1) is 71.7. The molecule has 0 saturated carbocycles. The molecule has 0 saturated heterocycles. The number of carbonyl (C=O) groups is 2. The van der Waals surface area contributed by atoms with Crippen LogP contribution in [0.4, 0.5) is 0 Å². The molecule has 11 aromatic rings. The van der Waals surface area contributed by atoms with Crippen molar-refractivity contribution in [3.8, 4) is 111 Å². The number of unbranched alkanes of at least 4 members (excludes halogenated alkanes) is 30. The number of hydrogen-bond donors (Lipinski definition) is 0. The summed E-state index contributed by atoms with van der Waals surface area (Å²) in [6, 6.07) is 79.5. The summed E-state index contributed by atoms with van der Waals surface area (Å²) in [5.74, 6) is -0.395. The molecule has 146 heavy (non-hydrogen) atoms. The van der Waals surface area contributed by atoms with Crippen LogP contribution in [0.3, 0.4) is 0 Å². The van der Waals surface area contributed by atoms with Gasteiger partial charge in [-0.15, -0.1) is 0 Å². The highest BCUT2D eigenvalue weighted by Crippen LogP contribution is 2.62. The third kappa shape index (κ3) is 24.6. The van der Waals surface area contributed by atoms with Crippen molar-refractivity contribution in [1.29, 1.82) is 0 Å². The number of rotatable bonds is 66. The topological polar surface area (TPSA) is 98.8 Å². The Bertz CT molecular complexity index is 6070. The second-order valence-corrected chi connectivity index (χ2v) is 44.1. The molecule has 5 aliphatic rings. The zero-order valence-corrected chi connectivity index (χ0v) is 91.4. The van der Waals surface area contributed by atoms with Crippen LogP contribution in [0, 0.1) is 13.8 Å². The molecule has 0 N–H and O–H groups in total. The van der Waals surface area contributed by atoms with Crippen LogP contribution in [0.1, 0.15) is 406 Å². The van der Waals surface area contributed by atoms with Crippen molar-refractivity contribution >= 4 is 11.8 Å². The Morgan fingerprint density at radius 1 is 0.212 bits per heavy atom. The number of benzene rings is 11. The van der Waals surface area contributed by atoms with Crippen LogP contribution in [0.25, 0.3) is 111 Å². The summed E-state index contributed by atoms with van der Waals surface area (Å²) < 4.78 is 41.4. The molecule has 0 fully saturated rings. The molecule has 0 unspecified atom stereocenters. The van der Waals surface area contributed by atoms with Gasteiger partial charge in [0.15, 0.2) is 5.78 Å². The molecule has 776 valence electrons. The molecule has 0 aliphatic heterocycles. The van der Waals surface area contributed by atoms with Gasteiger partial charge in [-0.05, 0) is 287 Å². The minimum Gasteiger partial charge on any atom is -0.465 e. The summed E-state index contributed by atoms with van der Waals surface area (Å²) in [7, 11) is 4.83. The normalized spacial score (nSPS) is 14.1. The lowest BCUT2D eigenvalue weighted by molar-refractivity contribution is 0.0145. The van der Waals surface area contributed by atoms with Gasteiger partial charge in [0, 0.05) is 60.2 Å². The summed E-state index contributed by atoms with van der Waals surface area (Å²) >= 11 is 0. The predicted molar refractivity (Wildman–Crippen MR) is 612 cm³/mol. The monoisotopic (exact) mass is 1960 g/mol. The number of aryl methyl sites for hydroxylation is 2. The molecule has 0 atom stereocenters. The Balaban J connectivity index is 0.791. The Morgan fingerprint density at radius 2 is 0.425 bits per heavy atom. The van der Waals surface area contributed by atoms with Crippen LogP contribution in [-0.2, 0) is 54.8 Å². The van der Waals surface area contributed by atoms with Crippen LogP contribution >= 0.6 is 0 Å². The van der Waals surface area contributed by atoms with Gasteiger partial charge in [0.05, 0.1) is 65.5 Å². The van der Waals surface area contributed by atoms with Gasteiger partial charge in [0.2, 0.25) is 0 Å². The molecule has 0 spiro atoms. The lowest BCUT2D eigenvalue weighted by Crippen LogP contribution is -2.30. The summed E-state index contributed by atoms with van der Waals surface area (Å²) in [5.41, 5.74) is 39.7. The largest absolute Gasteiger partial charge is 0.465 e. The second-order valence-electron chi connectivity index (χ2n) is 44.1. The number of esters is 1. The van der Waals surface area contributed by atoms with Crippen molar-refractivity contribution in [2.45, 2.75) is 360 Å². The molecule has 11 aromatic carbocycles. The van der Waals surface area contributed by atoms with Gasteiger partial charge in [-0.2, -0.15) is 0 Å². The van der Waals surface area contributed by atoms with Gasteiger partial charge in [-0.25, -0.2) is 4.79 Å². The van der Waals surface area contributed by atoms with Crippen LogP contribution in [0.5, 0.6) is 0 Å². The maximum absolute atomic E-state index is 15.0. The fourth-order valence-corrected chi connectivity index (χ4v) is 26.2. The average molecular weight is 1960 g/mol. The van der Waals surface area contributed by atoms with E-state index in [1.54, 1.807) is 36.5 Å². The van der Waals surface area contributed by atoms with Gasteiger partial charge >= 0.3 is 5.97 Å². The molecule has 16 rings (SSSR count). The number of fused-ring (bicyclic) bond motifs is 15. The van der Waals surface area contributed by atoms with Crippen LogP contribution in [0.2, 0.25) is 0 Å². The number of methoxy groups -OCH3 is 3. The third-order valence-corrected chi connectivity index (χ3v) is 34.4. The Labute approximate surface area is 879 Å². The highest BCUT2D eigenvalue weighted by molar-refractivity contribution is 6.22. The summed E-state index contributed by atoms with van der Waals surface area (Å²) in [4.78, 5) is 27.9. The molecule has 9 nitrogen and oxygen atoms in total. The molecule has 0 amide bonds. The predicted octanol–water partition coefficient (Wildman–Crippen LogP) is 37.3. The van der Waals surface area contributed by atoms with E-state index < -0.39 is 5.41 Å². The zero-order chi connectivity index (χ0) is 102. The SMILES string of the molecule is CCCCCCCCC1(CCCCCCCC)c2cc(C)ccc2-c2ccc(-c3ccc4c(c3)C(CCCCCCCC)(CCCCCCCC)c3cc(-c5ccc6c(c5)C(CCCCCCCC)(CCCCCCCC)c5cc(-c7ccc8c(c7)C(CCOCCOCCOC)(CCOCCOCCOC)c7cc(-c9ccc%10c(c9)C(=O)c9cc(-c%11ccc(C)c(C(=O)OC)c%11)ccc9-%10)ccc7-8)ccc5-6)ccc3-4)cc21. The van der Waals surface area contributed by atoms with E-state index in [-0.39, 0.29) is 28.0 Å². The lowest BCUT2D eigenvalue weighted by atomic mass is 9.69. The molecule has 5 aliphatic carbocycles. The highest BCUT2D eigenvalue weighted by atomic mass is 16.5. The first kappa shape index (κ1) is 109. The van der Waals surface area contributed by atoms with Crippen molar-refractivity contribution in [2.75, 3.05) is 87.4 Å². The van der Waals surface area contributed by atoms with Gasteiger partial charge in [0.25, 0.3) is 0 Å². The molecule has 0 heterocycles. The number of ketones is 1. The molecule has 0 radical (unpaired) electrons. The quantitative estimate of drug-likeness (QED) is 0.0273. The molecule has 0 aromatic heterocycles. The highest BCUT2D eigenvalue weighted by Gasteiger charge is 2.49. The van der Waals surface area contributed by atoms with Gasteiger partial charge in [-0.1, -0.05) is 418 Å². The van der Waals surface area contributed by atoms with Crippen molar-refractivity contribution in [3.63, 3.8) is 0 Å². The van der Waals surface area contributed by atoms with Crippen LogP contribution < -0.4 is 0 Å². The van der Waals surface area contributed by atoms with Gasteiger partial charge < -0.3 is 33.2 Å². The molecule has 0 bridgehead atoms.